The molecule has 0 radical (unpaired) electrons. The summed E-state index contributed by atoms with van der Waals surface area (Å²) in [5.74, 6) is -0.770. The van der Waals surface area contributed by atoms with Crippen LogP contribution in [-0.2, 0) is 11.2 Å². The number of aromatic nitrogens is 2. The number of aliphatic hydroxyl groups excluding tert-OH is 1. The number of nitrogens with zero attached hydrogens (tertiary/aromatic N) is 1. The van der Waals surface area contributed by atoms with Crippen LogP contribution >= 0.6 is 0 Å². The van der Waals surface area contributed by atoms with Crippen LogP contribution in [0.4, 0.5) is 0 Å². The molecule has 2 heterocycles. The molecule has 0 aliphatic heterocycles. The number of rotatable bonds is 6. The molecule has 0 spiro atoms. The first-order chi connectivity index (χ1) is 13.5. The molecule has 0 saturated heterocycles. The number of hydrogen-bond acceptors (Lipinski definition) is 5. The number of carbonyl (C=O) groups is 2. The van der Waals surface area contributed by atoms with Crippen molar-refractivity contribution in [2.45, 2.75) is 37.8 Å². The molecule has 3 atom stereocenters. The first-order valence-electron chi connectivity index (χ1n) is 9.37. The average Bonchev–Trinajstić information content (AvgIpc) is 2.70. The normalized spacial score (nSPS) is 21.7. The van der Waals surface area contributed by atoms with E-state index in [0.717, 1.165) is 5.56 Å². The van der Waals surface area contributed by atoms with Crippen molar-refractivity contribution in [3.63, 3.8) is 0 Å². The maximum atomic E-state index is 12.4. The van der Waals surface area contributed by atoms with Gasteiger partial charge in [-0.1, -0.05) is 6.07 Å². The zero-order valence-electron chi connectivity index (χ0n) is 15.4. The lowest BCUT2D eigenvalue weighted by molar-refractivity contribution is -0.127. The Kier molecular flexibility index (Phi) is 6.54. The fourth-order valence-electron chi connectivity index (χ4n) is 3.41. The van der Waals surface area contributed by atoms with E-state index in [4.69, 9.17) is 0 Å². The topological polar surface area (TPSA) is 124 Å². The Bertz CT molecular complexity index is 868. The number of aliphatic hydroxyl groups is 1. The SMILES string of the molecule is O=C(N[C@@H]1CC[C@H](C(=O)NCCc2cccnc2)C[C@H]1O)c1cc[nH]c(=O)c1. The lowest BCUT2D eigenvalue weighted by Gasteiger charge is -2.33. The van der Waals surface area contributed by atoms with Crippen molar-refractivity contribution in [2.75, 3.05) is 6.54 Å². The average molecular weight is 384 g/mol. The predicted molar refractivity (Wildman–Crippen MR) is 103 cm³/mol. The Balaban J connectivity index is 1.45. The lowest BCUT2D eigenvalue weighted by Crippen LogP contribution is -2.49. The zero-order chi connectivity index (χ0) is 19.9. The maximum Gasteiger partial charge on any atom is 0.251 e. The summed E-state index contributed by atoms with van der Waals surface area (Å²) >= 11 is 0. The van der Waals surface area contributed by atoms with Gasteiger partial charge in [0.15, 0.2) is 0 Å². The summed E-state index contributed by atoms with van der Waals surface area (Å²) in [4.78, 5) is 42.4. The van der Waals surface area contributed by atoms with E-state index in [2.05, 4.69) is 20.6 Å². The molecule has 0 unspecified atom stereocenters. The summed E-state index contributed by atoms with van der Waals surface area (Å²) in [5, 5.41) is 16.0. The highest BCUT2D eigenvalue weighted by molar-refractivity contribution is 5.94. The van der Waals surface area contributed by atoms with Crippen LogP contribution in [0.3, 0.4) is 0 Å². The first kappa shape index (κ1) is 19.8. The van der Waals surface area contributed by atoms with Crippen molar-refractivity contribution in [3.8, 4) is 0 Å². The summed E-state index contributed by atoms with van der Waals surface area (Å²) in [6.07, 6.45) is 6.13. The molecule has 2 aromatic rings. The standard InChI is InChI=1S/C20H24N4O4/c25-17-10-14(19(27)23-8-5-13-2-1-7-21-12-13)3-4-16(17)24-20(28)15-6-9-22-18(26)11-15/h1-2,6-7,9,11-12,14,16-17,25H,3-5,8,10H2,(H,22,26)(H,23,27)(H,24,28)/t14-,16+,17+/m0/s1. The van der Waals surface area contributed by atoms with Gasteiger partial charge in [-0.05, 0) is 43.4 Å². The van der Waals surface area contributed by atoms with Crippen LogP contribution in [0.1, 0.15) is 35.2 Å². The highest BCUT2D eigenvalue weighted by atomic mass is 16.3. The molecule has 2 amide bonds. The molecule has 0 bridgehead atoms. The molecular formula is C20H24N4O4. The van der Waals surface area contributed by atoms with Gasteiger partial charge in [0.1, 0.15) is 0 Å². The third-order valence-corrected chi connectivity index (χ3v) is 4.98. The molecule has 1 fully saturated rings. The summed E-state index contributed by atoms with van der Waals surface area (Å²) in [6, 6.07) is 6.09. The molecule has 148 valence electrons. The van der Waals surface area contributed by atoms with Crippen LogP contribution < -0.4 is 16.2 Å². The molecule has 0 aromatic carbocycles. The minimum Gasteiger partial charge on any atom is -0.391 e. The Hall–Kier alpha value is -3.00. The Morgan fingerprint density at radius 2 is 2.14 bits per heavy atom. The van der Waals surface area contributed by atoms with E-state index in [1.54, 1.807) is 12.4 Å². The molecule has 8 heteroatoms. The van der Waals surface area contributed by atoms with Gasteiger partial charge in [-0.2, -0.15) is 0 Å². The molecule has 3 rings (SSSR count). The van der Waals surface area contributed by atoms with Crippen molar-refractivity contribution < 1.29 is 14.7 Å². The van der Waals surface area contributed by atoms with E-state index in [0.29, 0.717) is 32.2 Å². The number of carbonyl (C=O) groups excluding carboxylic acids is 2. The molecular weight excluding hydrogens is 360 g/mol. The van der Waals surface area contributed by atoms with Crippen molar-refractivity contribution >= 4 is 11.8 Å². The van der Waals surface area contributed by atoms with E-state index in [-0.39, 0.29) is 22.9 Å². The summed E-state index contributed by atoms with van der Waals surface area (Å²) in [6.45, 7) is 0.514. The number of nitrogens with one attached hydrogen (secondary N) is 3. The van der Waals surface area contributed by atoms with Crippen LogP contribution in [0.2, 0.25) is 0 Å². The third kappa shape index (κ3) is 5.26. The van der Waals surface area contributed by atoms with Crippen LogP contribution in [0.15, 0.2) is 47.7 Å². The molecule has 1 aliphatic carbocycles. The highest BCUT2D eigenvalue weighted by Gasteiger charge is 2.33. The summed E-state index contributed by atoms with van der Waals surface area (Å²) in [7, 11) is 0. The van der Waals surface area contributed by atoms with Crippen LogP contribution in [0, 0.1) is 5.92 Å². The minimum absolute atomic E-state index is 0.0812. The van der Waals surface area contributed by atoms with Gasteiger partial charge in [0.05, 0.1) is 12.1 Å². The second-order valence-corrected chi connectivity index (χ2v) is 7.00. The Morgan fingerprint density at radius 3 is 2.86 bits per heavy atom. The Morgan fingerprint density at radius 1 is 1.29 bits per heavy atom. The van der Waals surface area contributed by atoms with E-state index in [1.165, 1.54) is 18.3 Å². The van der Waals surface area contributed by atoms with Crippen LogP contribution in [-0.4, -0.2) is 45.6 Å². The summed E-state index contributed by atoms with van der Waals surface area (Å²) in [5.41, 5.74) is 0.931. The first-order valence-corrected chi connectivity index (χ1v) is 9.37. The van der Waals surface area contributed by atoms with Crippen molar-refractivity contribution in [1.29, 1.82) is 0 Å². The highest BCUT2D eigenvalue weighted by Crippen LogP contribution is 2.25. The van der Waals surface area contributed by atoms with Gasteiger partial charge in [0.2, 0.25) is 11.5 Å². The molecule has 1 aliphatic rings. The fourth-order valence-corrected chi connectivity index (χ4v) is 3.41. The predicted octanol–water partition coefficient (Wildman–Crippen LogP) is 0.388. The fraction of sp³-hybridized carbons (Fsp3) is 0.400. The van der Waals surface area contributed by atoms with Crippen molar-refractivity contribution in [2.24, 2.45) is 5.92 Å². The van der Waals surface area contributed by atoms with Gasteiger partial charge in [0.25, 0.3) is 5.91 Å². The molecule has 28 heavy (non-hydrogen) atoms. The van der Waals surface area contributed by atoms with Crippen molar-refractivity contribution in [1.82, 2.24) is 20.6 Å². The van der Waals surface area contributed by atoms with Crippen LogP contribution in [0.25, 0.3) is 0 Å². The third-order valence-electron chi connectivity index (χ3n) is 4.98. The number of hydrogen-bond donors (Lipinski definition) is 4. The number of amides is 2. The molecule has 2 aromatic heterocycles. The van der Waals surface area contributed by atoms with Gasteiger partial charge in [-0.15, -0.1) is 0 Å². The van der Waals surface area contributed by atoms with E-state index in [1.807, 2.05) is 12.1 Å². The number of H-pyrrole nitrogens is 1. The molecule has 8 nitrogen and oxygen atoms in total. The molecule has 1 saturated carbocycles. The van der Waals surface area contributed by atoms with Gasteiger partial charge >= 0.3 is 0 Å². The number of pyridine rings is 2. The van der Waals surface area contributed by atoms with Gasteiger partial charge in [0, 0.05) is 42.7 Å². The lowest BCUT2D eigenvalue weighted by atomic mass is 9.83. The second-order valence-electron chi connectivity index (χ2n) is 7.00. The molecule has 4 N–H and O–H groups in total. The quantitative estimate of drug-likeness (QED) is 0.573. The maximum absolute atomic E-state index is 12.4. The van der Waals surface area contributed by atoms with E-state index >= 15 is 0 Å². The summed E-state index contributed by atoms with van der Waals surface area (Å²) < 4.78 is 0. The van der Waals surface area contributed by atoms with Crippen LogP contribution in [0.5, 0.6) is 0 Å². The van der Waals surface area contributed by atoms with E-state index < -0.39 is 18.1 Å². The zero-order valence-corrected chi connectivity index (χ0v) is 15.4. The minimum atomic E-state index is -0.811. The van der Waals surface area contributed by atoms with E-state index in [9.17, 15) is 19.5 Å². The smallest absolute Gasteiger partial charge is 0.251 e. The monoisotopic (exact) mass is 384 g/mol. The van der Waals surface area contributed by atoms with Gasteiger partial charge in [-0.25, -0.2) is 0 Å². The Labute approximate surface area is 162 Å². The van der Waals surface area contributed by atoms with Gasteiger partial charge < -0.3 is 20.7 Å². The second kappa shape index (κ2) is 9.27. The van der Waals surface area contributed by atoms with Crippen molar-refractivity contribution in [3.05, 3.63) is 64.3 Å². The number of aromatic amines is 1. The van der Waals surface area contributed by atoms with Gasteiger partial charge in [-0.3, -0.25) is 19.4 Å². The largest absolute Gasteiger partial charge is 0.391 e.